The highest BCUT2D eigenvalue weighted by atomic mass is 79.9. The minimum absolute atomic E-state index is 0.209. The van der Waals surface area contributed by atoms with E-state index in [2.05, 4.69) is 35.0 Å². The summed E-state index contributed by atoms with van der Waals surface area (Å²) in [5.41, 5.74) is 1.91. The van der Waals surface area contributed by atoms with Crippen LogP contribution >= 0.6 is 15.9 Å². The van der Waals surface area contributed by atoms with E-state index in [0.717, 1.165) is 22.9 Å². The molecule has 0 radical (unpaired) electrons. The zero-order valence-corrected chi connectivity index (χ0v) is 14.2. The van der Waals surface area contributed by atoms with E-state index in [4.69, 9.17) is 4.74 Å². The van der Waals surface area contributed by atoms with Crippen LogP contribution in [0.3, 0.4) is 0 Å². The molecule has 0 spiro atoms. The molecule has 110 valence electrons. The van der Waals surface area contributed by atoms with Crippen LogP contribution < -0.4 is 0 Å². The Morgan fingerprint density at radius 1 is 1.40 bits per heavy atom. The Morgan fingerprint density at radius 3 is 2.60 bits per heavy atom. The van der Waals surface area contributed by atoms with E-state index in [1.807, 2.05) is 31.7 Å². The first kappa shape index (κ1) is 15.4. The maximum atomic E-state index is 12.3. The summed E-state index contributed by atoms with van der Waals surface area (Å²) in [6.45, 7) is 8.40. The summed E-state index contributed by atoms with van der Waals surface area (Å²) in [5, 5.41) is 0. The van der Waals surface area contributed by atoms with E-state index in [-0.39, 0.29) is 6.09 Å². The number of ether oxygens (including phenoxy) is 1. The standard InChI is InChI=1S/C16H22BrNO2/c1-11-5-6-13(17)9-12(11)10-18(14-7-8-14)15(19)20-16(2,3)4/h5-6,9,14H,7-8,10H2,1-4H3. The highest BCUT2D eigenvalue weighted by Gasteiger charge is 2.35. The molecular weight excluding hydrogens is 318 g/mol. The highest BCUT2D eigenvalue weighted by Crippen LogP contribution is 2.31. The van der Waals surface area contributed by atoms with E-state index >= 15 is 0 Å². The second kappa shape index (κ2) is 5.76. The van der Waals surface area contributed by atoms with Crippen LogP contribution in [0.1, 0.15) is 44.7 Å². The lowest BCUT2D eigenvalue weighted by Crippen LogP contribution is -2.38. The normalized spacial score (nSPS) is 15.1. The Labute approximate surface area is 129 Å². The van der Waals surface area contributed by atoms with Gasteiger partial charge in [0.25, 0.3) is 0 Å². The fourth-order valence-electron chi connectivity index (χ4n) is 2.04. The van der Waals surface area contributed by atoms with Crippen LogP contribution in [-0.2, 0) is 11.3 Å². The topological polar surface area (TPSA) is 29.5 Å². The number of benzene rings is 1. The van der Waals surface area contributed by atoms with Crippen LogP contribution in [-0.4, -0.2) is 22.6 Å². The molecule has 0 aliphatic heterocycles. The van der Waals surface area contributed by atoms with Gasteiger partial charge in [0.05, 0.1) is 0 Å². The van der Waals surface area contributed by atoms with Crippen molar-refractivity contribution in [2.45, 2.75) is 58.7 Å². The average Bonchev–Trinajstić information content (AvgIpc) is 3.11. The molecule has 0 N–H and O–H groups in total. The first-order valence-electron chi connectivity index (χ1n) is 7.01. The van der Waals surface area contributed by atoms with Crippen molar-refractivity contribution in [1.82, 2.24) is 4.90 Å². The van der Waals surface area contributed by atoms with E-state index in [1.54, 1.807) is 0 Å². The van der Waals surface area contributed by atoms with E-state index < -0.39 is 5.60 Å². The number of halogens is 1. The molecule has 2 rings (SSSR count). The second-order valence-corrected chi connectivity index (χ2v) is 7.33. The number of carbonyl (C=O) groups excluding carboxylic acids is 1. The summed E-state index contributed by atoms with van der Waals surface area (Å²) in [6, 6.07) is 6.51. The van der Waals surface area contributed by atoms with Crippen molar-refractivity contribution in [1.29, 1.82) is 0 Å². The quantitative estimate of drug-likeness (QED) is 0.801. The van der Waals surface area contributed by atoms with Gasteiger partial charge >= 0.3 is 6.09 Å². The van der Waals surface area contributed by atoms with Gasteiger partial charge in [-0.1, -0.05) is 22.0 Å². The average molecular weight is 340 g/mol. The fraction of sp³-hybridized carbons (Fsp3) is 0.562. The molecule has 0 saturated heterocycles. The first-order chi connectivity index (χ1) is 9.26. The minimum Gasteiger partial charge on any atom is -0.444 e. The van der Waals surface area contributed by atoms with Crippen LogP contribution in [0, 0.1) is 6.92 Å². The molecule has 20 heavy (non-hydrogen) atoms. The first-order valence-corrected chi connectivity index (χ1v) is 7.80. The van der Waals surface area contributed by atoms with E-state index in [1.165, 1.54) is 5.56 Å². The predicted molar refractivity (Wildman–Crippen MR) is 83.7 cm³/mol. The smallest absolute Gasteiger partial charge is 0.410 e. The van der Waals surface area contributed by atoms with Crippen molar-refractivity contribution < 1.29 is 9.53 Å². The Kier molecular flexibility index (Phi) is 4.43. The van der Waals surface area contributed by atoms with Crippen molar-refractivity contribution in [3.63, 3.8) is 0 Å². The molecule has 1 amide bonds. The van der Waals surface area contributed by atoms with Crippen LogP contribution in [0.25, 0.3) is 0 Å². The largest absolute Gasteiger partial charge is 0.444 e. The monoisotopic (exact) mass is 339 g/mol. The number of carbonyl (C=O) groups is 1. The van der Waals surface area contributed by atoms with Crippen molar-refractivity contribution in [3.8, 4) is 0 Å². The summed E-state index contributed by atoms with van der Waals surface area (Å²) >= 11 is 3.49. The van der Waals surface area contributed by atoms with Crippen molar-refractivity contribution in [2.75, 3.05) is 0 Å². The molecule has 1 aliphatic rings. The zero-order chi connectivity index (χ0) is 14.9. The number of aryl methyl sites for hydroxylation is 1. The molecule has 4 heteroatoms. The van der Waals surface area contributed by atoms with Crippen LogP contribution in [0.4, 0.5) is 4.79 Å². The Balaban J connectivity index is 2.13. The molecule has 3 nitrogen and oxygen atoms in total. The third-order valence-corrected chi connectivity index (χ3v) is 3.76. The SMILES string of the molecule is Cc1ccc(Br)cc1CN(C(=O)OC(C)(C)C)C1CC1. The number of amides is 1. The van der Waals surface area contributed by atoms with Crippen molar-refractivity contribution in [2.24, 2.45) is 0 Å². The number of nitrogens with zero attached hydrogens (tertiary/aromatic N) is 1. The molecule has 0 bridgehead atoms. The molecule has 0 heterocycles. The van der Waals surface area contributed by atoms with Crippen molar-refractivity contribution >= 4 is 22.0 Å². The van der Waals surface area contributed by atoms with Gasteiger partial charge in [-0.15, -0.1) is 0 Å². The van der Waals surface area contributed by atoms with Gasteiger partial charge in [0.1, 0.15) is 5.60 Å². The maximum absolute atomic E-state index is 12.3. The Bertz CT molecular complexity index is 504. The third-order valence-electron chi connectivity index (χ3n) is 3.27. The molecular formula is C16H22BrNO2. The summed E-state index contributed by atoms with van der Waals surface area (Å²) in [5.74, 6) is 0. The molecule has 0 unspecified atom stereocenters. The van der Waals surface area contributed by atoms with Gasteiger partial charge in [0, 0.05) is 17.1 Å². The Morgan fingerprint density at radius 2 is 2.05 bits per heavy atom. The predicted octanol–water partition coefficient (Wildman–Crippen LogP) is 4.66. The molecule has 0 aromatic heterocycles. The summed E-state index contributed by atoms with van der Waals surface area (Å²) in [4.78, 5) is 14.2. The second-order valence-electron chi connectivity index (χ2n) is 6.41. The van der Waals surface area contributed by atoms with E-state index in [0.29, 0.717) is 12.6 Å². The van der Waals surface area contributed by atoms with Crippen LogP contribution in [0.2, 0.25) is 0 Å². The van der Waals surface area contributed by atoms with Gasteiger partial charge in [-0.2, -0.15) is 0 Å². The summed E-state index contributed by atoms with van der Waals surface area (Å²) in [7, 11) is 0. The van der Waals surface area contributed by atoms with Crippen LogP contribution in [0.5, 0.6) is 0 Å². The van der Waals surface area contributed by atoms with Gasteiger partial charge in [-0.05, 0) is 63.8 Å². The van der Waals surface area contributed by atoms with Gasteiger partial charge < -0.3 is 9.64 Å². The van der Waals surface area contributed by atoms with Gasteiger partial charge in [-0.3, -0.25) is 0 Å². The molecule has 0 atom stereocenters. The minimum atomic E-state index is -0.448. The highest BCUT2D eigenvalue weighted by molar-refractivity contribution is 9.10. The molecule has 1 aromatic carbocycles. The molecule has 1 saturated carbocycles. The molecule has 1 fully saturated rings. The zero-order valence-electron chi connectivity index (χ0n) is 12.6. The van der Waals surface area contributed by atoms with Crippen molar-refractivity contribution in [3.05, 3.63) is 33.8 Å². The summed E-state index contributed by atoms with van der Waals surface area (Å²) < 4.78 is 6.56. The van der Waals surface area contributed by atoms with Gasteiger partial charge in [-0.25, -0.2) is 4.79 Å². The van der Waals surface area contributed by atoms with E-state index in [9.17, 15) is 4.79 Å². The van der Waals surface area contributed by atoms with Gasteiger partial charge in [0.15, 0.2) is 0 Å². The van der Waals surface area contributed by atoms with Crippen LogP contribution in [0.15, 0.2) is 22.7 Å². The lowest BCUT2D eigenvalue weighted by molar-refractivity contribution is 0.0216. The maximum Gasteiger partial charge on any atom is 0.410 e. The lowest BCUT2D eigenvalue weighted by Gasteiger charge is -2.28. The number of rotatable bonds is 3. The summed E-state index contributed by atoms with van der Waals surface area (Å²) in [6.07, 6.45) is 1.94. The lowest BCUT2D eigenvalue weighted by atomic mass is 10.1. The third kappa shape index (κ3) is 4.23. The molecule has 1 aliphatic carbocycles. The number of hydrogen-bond donors (Lipinski definition) is 0. The Hall–Kier alpha value is -1.03. The van der Waals surface area contributed by atoms with Gasteiger partial charge in [0.2, 0.25) is 0 Å². The fourth-order valence-corrected chi connectivity index (χ4v) is 2.45. The number of hydrogen-bond acceptors (Lipinski definition) is 2. The molecule has 1 aromatic rings.